The van der Waals surface area contributed by atoms with Crippen LogP contribution in [0.1, 0.15) is 32.1 Å². The topological polar surface area (TPSA) is 35.6 Å². The number of nitrogens with one attached hydrogen (secondary N) is 1. The van der Waals surface area contributed by atoms with Crippen LogP contribution in [0.5, 0.6) is 0 Å². The van der Waals surface area contributed by atoms with E-state index in [4.69, 9.17) is 0 Å². The standard InChI is InChI=1S/C13H25N3O/c1-15-7-9-16(10-8-15)13(17)14-11-12-5-3-2-4-6-12/h12H,2-11H2,1H3,(H,14,17). The van der Waals surface area contributed by atoms with Crippen molar-refractivity contribution in [2.24, 2.45) is 5.92 Å². The Morgan fingerprint density at radius 2 is 1.76 bits per heavy atom. The van der Waals surface area contributed by atoms with Crippen LogP contribution in [0.2, 0.25) is 0 Å². The summed E-state index contributed by atoms with van der Waals surface area (Å²) in [6.07, 6.45) is 6.65. The van der Waals surface area contributed by atoms with E-state index in [2.05, 4.69) is 17.3 Å². The monoisotopic (exact) mass is 239 g/mol. The molecule has 4 nitrogen and oxygen atoms in total. The van der Waals surface area contributed by atoms with Crippen LogP contribution in [0.3, 0.4) is 0 Å². The molecule has 2 fully saturated rings. The van der Waals surface area contributed by atoms with E-state index < -0.39 is 0 Å². The predicted molar refractivity (Wildman–Crippen MR) is 69.0 cm³/mol. The van der Waals surface area contributed by atoms with Crippen molar-refractivity contribution in [3.63, 3.8) is 0 Å². The van der Waals surface area contributed by atoms with Gasteiger partial charge in [-0.25, -0.2) is 4.79 Å². The summed E-state index contributed by atoms with van der Waals surface area (Å²) in [5, 5.41) is 3.11. The molecule has 0 spiro atoms. The summed E-state index contributed by atoms with van der Waals surface area (Å²) in [4.78, 5) is 16.2. The number of nitrogens with zero attached hydrogens (tertiary/aromatic N) is 2. The number of hydrogen-bond acceptors (Lipinski definition) is 2. The van der Waals surface area contributed by atoms with Crippen molar-refractivity contribution in [2.45, 2.75) is 32.1 Å². The van der Waals surface area contributed by atoms with Crippen LogP contribution in [0, 0.1) is 5.92 Å². The number of rotatable bonds is 2. The summed E-state index contributed by atoms with van der Waals surface area (Å²) in [6, 6.07) is 0.142. The molecule has 1 saturated carbocycles. The van der Waals surface area contributed by atoms with Gasteiger partial charge in [-0.3, -0.25) is 0 Å². The van der Waals surface area contributed by atoms with Crippen molar-refractivity contribution >= 4 is 6.03 Å². The largest absolute Gasteiger partial charge is 0.338 e. The lowest BCUT2D eigenvalue weighted by atomic mass is 9.89. The molecule has 4 heteroatoms. The zero-order valence-corrected chi connectivity index (χ0v) is 11.0. The molecule has 1 N–H and O–H groups in total. The van der Waals surface area contributed by atoms with Gasteiger partial charge >= 0.3 is 6.03 Å². The normalized spacial score (nSPS) is 23.7. The molecule has 2 amide bonds. The van der Waals surface area contributed by atoms with E-state index in [-0.39, 0.29) is 6.03 Å². The van der Waals surface area contributed by atoms with Gasteiger partial charge in [-0.2, -0.15) is 0 Å². The van der Waals surface area contributed by atoms with Gasteiger partial charge in [0, 0.05) is 32.7 Å². The molecule has 98 valence electrons. The summed E-state index contributed by atoms with van der Waals surface area (Å²) in [5.74, 6) is 0.722. The van der Waals surface area contributed by atoms with Crippen molar-refractivity contribution in [1.29, 1.82) is 0 Å². The number of carbonyl (C=O) groups excluding carboxylic acids is 1. The number of urea groups is 1. The summed E-state index contributed by atoms with van der Waals surface area (Å²) in [5.41, 5.74) is 0. The van der Waals surface area contributed by atoms with Crippen LogP contribution in [0.15, 0.2) is 0 Å². The highest BCUT2D eigenvalue weighted by Crippen LogP contribution is 2.22. The highest BCUT2D eigenvalue weighted by molar-refractivity contribution is 5.74. The summed E-state index contributed by atoms with van der Waals surface area (Å²) in [6.45, 7) is 4.61. The second-order valence-electron chi connectivity index (χ2n) is 5.48. The maximum absolute atomic E-state index is 11.9. The second-order valence-corrected chi connectivity index (χ2v) is 5.48. The van der Waals surface area contributed by atoms with Gasteiger partial charge in [-0.1, -0.05) is 19.3 Å². The third-order valence-corrected chi connectivity index (χ3v) is 4.06. The Morgan fingerprint density at radius 3 is 2.41 bits per heavy atom. The van der Waals surface area contributed by atoms with Crippen LogP contribution >= 0.6 is 0 Å². The summed E-state index contributed by atoms with van der Waals surface area (Å²) >= 11 is 0. The summed E-state index contributed by atoms with van der Waals surface area (Å²) in [7, 11) is 2.11. The number of hydrogen-bond donors (Lipinski definition) is 1. The fourth-order valence-corrected chi connectivity index (χ4v) is 2.74. The van der Waals surface area contributed by atoms with E-state index in [1.54, 1.807) is 0 Å². The Morgan fingerprint density at radius 1 is 1.12 bits per heavy atom. The van der Waals surface area contributed by atoms with Gasteiger partial charge < -0.3 is 15.1 Å². The molecule has 0 aromatic carbocycles. The fourth-order valence-electron chi connectivity index (χ4n) is 2.74. The zero-order valence-electron chi connectivity index (χ0n) is 11.0. The van der Waals surface area contributed by atoms with Gasteiger partial charge in [-0.05, 0) is 25.8 Å². The SMILES string of the molecule is CN1CCN(C(=O)NCC2CCCCC2)CC1. The predicted octanol–water partition coefficient (Wildman–Crippen LogP) is 1.52. The van der Waals surface area contributed by atoms with Crippen LogP contribution < -0.4 is 5.32 Å². The molecule has 2 aliphatic rings. The highest BCUT2D eigenvalue weighted by Gasteiger charge is 2.20. The first kappa shape index (κ1) is 12.7. The summed E-state index contributed by atoms with van der Waals surface area (Å²) < 4.78 is 0. The Hall–Kier alpha value is -0.770. The van der Waals surface area contributed by atoms with Gasteiger partial charge in [0.2, 0.25) is 0 Å². The maximum Gasteiger partial charge on any atom is 0.317 e. The highest BCUT2D eigenvalue weighted by atomic mass is 16.2. The van der Waals surface area contributed by atoms with E-state index in [1.807, 2.05) is 4.90 Å². The Bertz CT molecular complexity index is 243. The van der Waals surface area contributed by atoms with E-state index in [1.165, 1.54) is 32.1 Å². The first-order chi connectivity index (χ1) is 8.25. The van der Waals surface area contributed by atoms with E-state index in [0.717, 1.165) is 38.6 Å². The molecule has 1 saturated heterocycles. The molecular weight excluding hydrogens is 214 g/mol. The molecule has 2 rings (SSSR count). The molecule has 0 atom stereocenters. The fraction of sp³-hybridized carbons (Fsp3) is 0.923. The molecule has 0 unspecified atom stereocenters. The molecule has 0 radical (unpaired) electrons. The Kier molecular flexibility index (Phi) is 4.66. The van der Waals surface area contributed by atoms with Gasteiger partial charge in [-0.15, -0.1) is 0 Å². The third kappa shape index (κ3) is 3.87. The van der Waals surface area contributed by atoms with Crippen LogP contribution in [-0.2, 0) is 0 Å². The number of likely N-dealkylation sites (N-methyl/N-ethyl adjacent to an activating group) is 1. The van der Waals surface area contributed by atoms with Gasteiger partial charge in [0.25, 0.3) is 0 Å². The molecule has 0 aromatic rings. The first-order valence-corrected chi connectivity index (χ1v) is 6.97. The van der Waals surface area contributed by atoms with E-state index >= 15 is 0 Å². The van der Waals surface area contributed by atoms with Gasteiger partial charge in [0.05, 0.1) is 0 Å². The maximum atomic E-state index is 11.9. The lowest BCUT2D eigenvalue weighted by Crippen LogP contribution is -2.51. The Balaban J connectivity index is 1.66. The molecule has 0 aromatic heterocycles. The number of amides is 2. The average Bonchev–Trinajstić information content (AvgIpc) is 2.38. The first-order valence-electron chi connectivity index (χ1n) is 6.97. The zero-order chi connectivity index (χ0) is 12.1. The minimum absolute atomic E-state index is 0.142. The number of piperazine rings is 1. The van der Waals surface area contributed by atoms with Gasteiger partial charge in [0.1, 0.15) is 0 Å². The molecule has 1 heterocycles. The molecule has 17 heavy (non-hydrogen) atoms. The lowest BCUT2D eigenvalue weighted by molar-refractivity contribution is 0.152. The molecule has 1 aliphatic heterocycles. The van der Waals surface area contributed by atoms with Gasteiger partial charge in [0.15, 0.2) is 0 Å². The quantitative estimate of drug-likeness (QED) is 0.793. The van der Waals surface area contributed by atoms with Crippen molar-refractivity contribution < 1.29 is 4.79 Å². The average molecular weight is 239 g/mol. The van der Waals surface area contributed by atoms with Crippen molar-refractivity contribution in [3.05, 3.63) is 0 Å². The number of carbonyl (C=O) groups is 1. The second kappa shape index (κ2) is 6.24. The minimum Gasteiger partial charge on any atom is -0.338 e. The lowest BCUT2D eigenvalue weighted by Gasteiger charge is -2.33. The Labute approximate surface area is 104 Å². The van der Waals surface area contributed by atoms with E-state index in [0.29, 0.717) is 0 Å². The van der Waals surface area contributed by atoms with Crippen LogP contribution in [-0.4, -0.2) is 55.6 Å². The van der Waals surface area contributed by atoms with Crippen LogP contribution in [0.4, 0.5) is 4.79 Å². The third-order valence-electron chi connectivity index (χ3n) is 4.06. The van der Waals surface area contributed by atoms with Crippen molar-refractivity contribution in [2.75, 3.05) is 39.8 Å². The molecule has 1 aliphatic carbocycles. The molecular formula is C13H25N3O. The minimum atomic E-state index is 0.142. The van der Waals surface area contributed by atoms with Crippen molar-refractivity contribution in [3.8, 4) is 0 Å². The van der Waals surface area contributed by atoms with E-state index in [9.17, 15) is 4.79 Å². The van der Waals surface area contributed by atoms with Crippen molar-refractivity contribution in [1.82, 2.24) is 15.1 Å². The molecule has 0 bridgehead atoms. The van der Waals surface area contributed by atoms with Crippen LogP contribution in [0.25, 0.3) is 0 Å². The smallest absolute Gasteiger partial charge is 0.317 e.